The lowest BCUT2D eigenvalue weighted by Gasteiger charge is -2.33. The van der Waals surface area contributed by atoms with Crippen LogP contribution in [0.15, 0.2) is 4.99 Å². The van der Waals surface area contributed by atoms with Crippen LogP contribution >= 0.6 is 0 Å². The fraction of sp³-hybridized carbons (Fsp3) is 0.950. The van der Waals surface area contributed by atoms with Crippen molar-refractivity contribution < 1.29 is 4.74 Å². The summed E-state index contributed by atoms with van der Waals surface area (Å²) in [5, 5.41) is 7.37. The van der Waals surface area contributed by atoms with E-state index in [4.69, 9.17) is 4.74 Å². The Bertz CT molecular complexity index is 414. The quantitative estimate of drug-likeness (QED) is 0.421. The molecule has 144 valence electrons. The Morgan fingerprint density at radius 3 is 2.52 bits per heavy atom. The number of guanidine groups is 1. The number of piperidine rings is 1. The lowest BCUT2D eigenvalue weighted by molar-refractivity contribution is 0.155. The van der Waals surface area contributed by atoms with Crippen LogP contribution in [0.4, 0.5) is 0 Å². The van der Waals surface area contributed by atoms with Gasteiger partial charge in [-0.15, -0.1) is 0 Å². The zero-order valence-electron chi connectivity index (χ0n) is 16.3. The van der Waals surface area contributed by atoms with E-state index >= 15 is 0 Å². The fourth-order valence-electron chi connectivity index (χ4n) is 4.74. The summed E-state index contributed by atoms with van der Waals surface area (Å²) >= 11 is 0. The van der Waals surface area contributed by atoms with E-state index in [2.05, 4.69) is 20.5 Å². The van der Waals surface area contributed by atoms with Gasteiger partial charge >= 0.3 is 0 Å². The predicted molar refractivity (Wildman–Crippen MR) is 104 cm³/mol. The van der Waals surface area contributed by atoms with Crippen molar-refractivity contribution in [1.82, 2.24) is 15.5 Å². The van der Waals surface area contributed by atoms with Crippen LogP contribution in [-0.4, -0.2) is 63.3 Å². The van der Waals surface area contributed by atoms with Gasteiger partial charge < -0.3 is 20.3 Å². The van der Waals surface area contributed by atoms with Crippen molar-refractivity contribution in [3.05, 3.63) is 0 Å². The molecule has 0 aromatic carbocycles. The highest BCUT2D eigenvalue weighted by molar-refractivity contribution is 5.80. The van der Waals surface area contributed by atoms with E-state index in [1.54, 1.807) is 7.11 Å². The van der Waals surface area contributed by atoms with Crippen LogP contribution in [0.25, 0.3) is 0 Å². The minimum atomic E-state index is 0.566. The van der Waals surface area contributed by atoms with Gasteiger partial charge in [0.15, 0.2) is 5.96 Å². The summed E-state index contributed by atoms with van der Waals surface area (Å²) in [5.41, 5.74) is 0. The van der Waals surface area contributed by atoms with Gasteiger partial charge in [-0.2, -0.15) is 0 Å². The second-order valence-electron chi connectivity index (χ2n) is 8.23. The molecule has 0 aromatic heterocycles. The molecule has 2 unspecified atom stereocenters. The van der Waals surface area contributed by atoms with Crippen LogP contribution in [0, 0.1) is 11.8 Å². The highest BCUT2D eigenvalue weighted by Gasteiger charge is 2.43. The van der Waals surface area contributed by atoms with Gasteiger partial charge in [-0.3, -0.25) is 4.99 Å². The standard InChI is InChI=1S/C20H38N4O/c1-21-20(23-19-15-18(19)16-7-4-3-5-8-16)22-17-9-12-24(13-10-17)11-6-14-25-2/h16-19H,3-15H2,1-2H3,(H2,21,22,23). The van der Waals surface area contributed by atoms with Crippen molar-refractivity contribution in [2.45, 2.75) is 69.9 Å². The van der Waals surface area contributed by atoms with Crippen molar-refractivity contribution in [2.24, 2.45) is 16.8 Å². The molecule has 3 aliphatic rings. The highest BCUT2D eigenvalue weighted by Crippen LogP contribution is 2.44. The molecule has 5 nitrogen and oxygen atoms in total. The molecule has 2 atom stereocenters. The number of nitrogens with zero attached hydrogens (tertiary/aromatic N) is 2. The van der Waals surface area contributed by atoms with E-state index in [9.17, 15) is 0 Å². The van der Waals surface area contributed by atoms with Crippen LogP contribution < -0.4 is 10.6 Å². The van der Waals surface area contributed by atoms with E-state index in [0.717, 1.165) is 30.8 Å². The van der Waals surface area contributed by atoms with E-state index in [0.29, 0.717) is 12.1 Å². The topological polar surface area (TPSA) is 48.9 Å². The van der Waals surface area contributed by atoms with Crippen LogP contribution in [0.5, 0.6) is 0 Å². The number of aliphatic imine (C=N–C) groups is 1. The lowest BCUT2D eigenvalue weighted by Crippen LogP contribution is -2.49. The molecule has 2 N–H and O–H groups in total. The van der Waals surface area contributed by atoms with Crippen molar-refractivity contribution in [1.29, 1.82) is 0 Å². The van der Waals surface area contributed by atoms with Crippen molar-refractivity contribution in [3.63, 3.8) is 0 Å². The Labute approximate surface area is 154 Å². The summed E-state index contributed by atoms with van der Waals surface area (Å²) in [5.74, 6) is 2.90. The van der Waals surface area contributed by atoms with Crippen LogP contribution in [0.1, 0.15) is 57.8 Å². The molecule has 0 amide bonds. The van der Waals surface area contributed by atoms with Crippen molar-refractivity contribution in [3.8, 4) is 0 Å². The molecule has 2 saturated carbocycles. The molecule has 0 spiro atoms. The molecule has 25 heavy (non-hydrogen) atoms. The monoisotopic (exact) mass is 350 g/mol. The first kappa shape index (κ1) is 19.0. The maximum atomic E-state index is 5.15. The SMILES string of the molecule is CN=C(NC1CCN(CCCOC)CC1)NC1CC1C1CCCCC1. The first-order valence-electron chi connectivity index (χ1n) is 10.5. The number of nitrogens with one attached hydrogen (secondary N) is 2. The Kier molecular flexibility index (Phi) is 7.41. The first-order chi connectivity index (χ1) is 12.3. The normalized spacial score (nSPS) is 29.6. The van der Waals surface area contributed by atoms with E-state index < -0.39 is 0 Å². The molecule has 0 aromatic rings. The maximum absolute atomic E-state index is 5.15. The number of likely N-dealkylation sites (tertiary alicyclic amines) is 1. The van der Waals surface area contributed by atoms with Gasteiger partial charge in [0, 0.05) is 52.5 Å². The van der Waals surface area contributed by atoms with Crippen LogP contribution in [0.3, 0.4) is 0 Å². The van der Waals surface area contributed by atoms with Gasteiger partial charge in [-0.05, 0) is 37.5 Å². The first-order valence-corrected chi connectivity index (χ1v) is 10.5. The average molecular weight is 351 g/mol. The number of ether oxygens (including phenoxy) is 1. The Morgan fingerprint density at radius 1 is 1.08 bits per heavy atom. The molecule has 3 rings (SSSR count). The largest absolute Gasteiger partial charge is 0.385 e. The van der Waals surface area contributed by atoms with E-state index in [1.165, 1.54) is 71.0 Å². The summed E-state index contributed by atoms with van der Waals surface area (Å²) in [6.45, 7) is 4.41. The number of rotatable bonds is 7. The lowest BCUT2D eigenvalue weighted by atomic mass is 9.85. The molecule has 1 saturated heterocycles. The van der Waals surface area contributed by atoms with Gasteiger partial charge in [0.2, 0.25) is 0 Å². The van der Waals surface area contributed by atoms with Crippen molar-refractivity contribution >= 4 is 5.96 Å². The van der Waals surface area contributed by atoms with Gasteiger partial charge in [0.1, 0.15) is 0 Å². The zero-order valence-corrected chi connectivity index (χ0v) is 16.3. The minimum Gasteiger partial charge on any atom is -0.385 e. The molecule has 0 radical (unpaired) electrons. The van der Waals surface area contributed by atoms with Gasteiger partial charge in [0.25, 0.3) is 0 Å². The predicted octanol–water partition coefficient (Wildman–Crippen LogP) is 2.62. The minimum absolute atomic E-state index is 0.566. The van der Waals surface area contributed by atoms with Crippen molar-refractivity contribution in [2.75, 3.05) is 40.4 Å². The Balaban J connectivity index is 1.33. The van der Waals surface area contributed by atoms with Gasteiger partial charge in [0.05, 0.1) is 0 Å². The molecule has 1 heterocycles. The third-order valence-electron chi connectivity index (χ3n) is 6.39. The number of hydrogen-bond donors (Lipinski definition) is 2. The van der Waals surface area contributed by atoms with Crippen LogP contribution in [0.2, 0.25) is 0 Å². The fourth-order valence-corrected chi connectivity index (χ4v) is 4.74. The van der Waals surface area contributed by atoms with E-state index in [-0.39, 0.29) is 0 Å². The number of methoxy groups -OCH3 is 1. The summed E-state index contributed by atoms with van der Waals surface area (Å²) in [6.07, 6.45) is 12.2. The van der Waals surface area contributed by atoms with Gasteiger partial charge in [-0.1, -0.05) is 32.1 Å². The second-order valence-corrected chi connectivity index (χ2v) is 8.23. The maximum Gasteiger partial charge on any atom is 0.191 e. The smallest absolute Gasteiger partial charge is 0.191 e. The third kappa shape index (κ3) is 5.85. The molecular weight excluding hydrogens is 312 g/mol. The third-order valence-corrected chi connectivity index (χ3v) is 6.39. The number of hydrogen-bond acceptors (Lipinski definition) is 3. The van der Waals surface area contributed by atoms with Gasteiger partial charge in [-0.25, -0.2) is 0 Å². The van der Waals surface area contributed by atoms with Crippen LogP contribution in [-0.2, 0) is 4.74 Å². The molecule has 0 bridgehead atoms. The average Bonchev–Trinajstić information content (AvgIpc) is 3.43. The molecule has 3 fully saturated rings. The molecule has 2 aliphatic carbocycles. The zero-order chi connectivity index (χ0) is 17.5. The Morgan fingerprint density at radius 2 is 1.84 bits per heavy atom. The van der Waals surface area contributed by atoms with E-state index in [1.807, 2.05) is 7.05 Å². The molecular formula is C20H38N4O. The highest BCUT2D eigenvalue weighted by atomic mass is 16.5. The molecule has 1 aliphatic heterocycles. The summed E-state index contributed by atoms with van der Waals surface area (Å²) in [6, 6.07) is 1.24. The molecule has 5 heteroatoms. The summed E-state index contributed by atoms with van der Waals surface area (Å²) in [7, 11) is 3.70. The summed E-state index contributed by atoms with van der Waals surface area (Å²) < 4.78 is 5.15. The Hall–Kier alpha value is -0.810. The summed E-state index contributed by atoms with van der Waals surface area (Å²) in [4.78, 5) is 7.05. The second kappa shape index (κ2) is 9.77.